The summed E-state index contributed by atoms with van der Waals surface area (Å²) in [6, 6.07) is 0. The number of unbranched alkanes of at least 4 members (excludes halogenated alkanes) is 1. The summed E-state index contributed by atoms with van der Waals surface area (Å²) >= 11 is 5.33. The molecule has 0 saturated heterocycles. The monoisotopic (exact) mass is 303 g/mol. The van der Waals surface area contributed by atoms with E-state index in [1.807, 2.05) is 20.8 Å². The smallest absolute Gasteiger partial charge is 0.407 e. The lowest BCUT2D eigenvalue weighted by Crippen LogP contribution is -2.43. The summed E-state index contributed by atoms with van der Waals surface area (Å²) in [4.78, 5) is 13.6. The summed E-state index contributed by atoms with van der Waals surface area (Å²) in [5, 5.41) is 6.58. The van der Waals surface area contributed by atoms with Crippen molar-refractivity contribution in [3.05, 3.63) is 0 Å². The molecule has 0 bridgehead atoms. The van der Waals surface area contributed by atoms with Gasteiger partial charge in [-0.25, -0.2) is 4.79 Å². The van der Waals surface area contributed by atoms with E-state index >= 15 is 0 Å². The van der Waals surface area contributed by atoms with Crippen LogP contribution in [0.15, 0.2) is 0 Å². The number of hydrogen-bond donors (Lipinski definition) is 2. The highest BCUT2D eigenvalue weighted by molar-refractivity contribution is 7.80. The van der Waals surface area contributed by atoms with Crippen LogP contribution in [0, 0.1) is 0 Å². The van der Waals surface area contributed by atoms with Crippen LogP contribution in [0.3, 0.4) is 0 Å². The molecule has 0 aromatic rings. The molecule has 0 saturated carbocycles. The third-order valence-electron chi connectivity index (χ3n) is 2.52. The average molecular weight is 303 g/mol. The number of alkyl carbamates (subject to hydrolysis) is 1. The van der Waals surface area contributed by atoms with Gasteiger partial charge in [-0.1, -0.05) is 13.3 Å². The van der Waals surface area contributed by atoms with Crippen molar-refractivity contribution in [3.8, 4) is 0 Å². The van der Waals surface area contributed by atoms with Crippen LogP contribution in [0.4, 0.5) is 4.79 Å². The van der Waals surface area contributed by atoms with Crippen molar-refractivity contribution in [3.63, 3.8) is 0 Å². The largest absolute Gasteiger partial charge is 0.444 e. The van der Waals surface area contributed by atoms with Crippen LogP contribution < -0.4 is 10.6 Å². The number of carbonyl (C=O) groups is 1. The first-order valence-corrected chi connectivity index (χ1v) is 7.70. The molecule has 0 aromatic heterocycles. The number of hydrogen-bond acceptors (Lipinski definition) is 3. The van der Waals surface area contributed by atoms with Gasteiger partial charge in [-0.2, -0.15) is 0 Å². The Hall–Kier alpha value is -1.04. The minimum atomic E-state index is -0.466. The normalized spacial score (nSPS) is 10.8. The standard InChI is InChI=1S/C14H29N3O2S/c1-6-8-11-17(7-2)12(20)15-9-10-16-13(18)19-14(3,4)5/h6-11H2,1-5H3,(H,15,20)(H,16,18). The van der Waals surface area contributed by atoms with Crippen LogP contribution in [-0.2, 0) is 4.74 Å². The number of thiocarbonyl (C=S) groups is 1. The highest BCUT2D eigenvalue weighted by atomic mass is 32.1. The second kappa shape index (κ2) is 9.80. The molecule has 0 atom stereocenters. The highest BCUT2D eigenvalue weighted by Crippen LogP contribution is 2.05. The molecule has 0 aromatic carbocycles. The topological polar surface area (TPSA) is 53.6 Å². The molecule has 0 radical (unpaired) electrons. The minimum Gasteiger partial charge on any atom is -0.444 e. The van der Waals surface area contributed by atoms with E-state index in [-0.39, 0.29) is 0 Å². The van der Waals surface area contributed by atoms with Gasteiger partial charge < -0.3 is 20.3 Å². The molecule has 0 aliphatic rings. The Morgan fingerprint density at radius 3 is 2.30 bits per heavy atom. The van der Waals surface area contributed by atoms with Crippen molar-refractivity contribution < 1.29 is 9.53 Å². The number of amides is 1. The number of ether oxygens (including phenoxy) is 1. The van der Waals surface area contributed by atoms with E-state index in [4.69, 9.17) is 17.0 Å². The Morgan fingerprint density at radius 2 is 1.80 bits per heavy atom. The summed E-state index contributed by atoms with van der Waals surface area (Å²) in [5.41, 5.74) is -0.466. The van der Waals surface area contributed by atoms with Crippen molar-refractivity contribution >= 4 is 23.4 Å². The fraction of sp³-hybridized carbons (Fsp3) is 0.857. The number of nitrogens with zero attached hydrogens (tertiary/aromatic N) is 1. The van der Waals surface area contributed by atoms with E-state index in [0.717, 1.165) is 31.0 Å². The molecule has 5 nitrogen and oxygen atoms in total. The molecule has 0 rings (SSSR count). The minimum absolute atomic E-state index is 0.399. The molecule has 0 heterocycles. The van der Waals surface area contributed by atoms with E-state index in [1.165, 1.54) is 0 Å². The van der Waals surface area contributed by atoms with Crippen molar-refractivity contribution in [2.24, 2.45) is 0 Å². The second-order valence-corrected chi connectivity index (χ2v) is 5.98. The number of rotatable bonds is 7. The van der Waals surface area contributed by atoms with E-state index in [1.54, 1.807) is 0 Å². The highest BCUT2D eigenvalue weighted by Gasteiger charge is 2.15. The predicted octanol–water partition coefficient (Wildman–Crippen LogP) is 2.51. The second-order valence-electron chi connectivity index (χ2n) is 5.59. The van der Waals surface area contributed by atoms with Gasteiger partial charge in [0.1, 0.15) is 5.60 Å². The van der Waals surface area contributed by atoms with Gasteiger partial charge in [-0.3, -0.25) is 0 Å². The van der Waals surface area contributed by atoms with E-state index in [0.29, 0.717) is 13.1 Å². The van der Waals surface area contributed by atoms with Crippen molar-refractivity contribution in [2.75, 3.05) is 26.2 Å². The molecular formula is C14H29N3O2S. The first-order valence-electron chi connectivity index (χ1n) is 7.29. The quantitative estimate of drug-likeness (QED) is 0.559. The number of carbonyl (C=O) groups excluding carboxylic acids is 1. The van der Waals surface area contributed by atoms with E-state index in [2.05, 4.69) is 29.4 Å². The maximum Gasteiger partial charge on any atom is 0.407 e. The first-order chi connectivity index (χ1) is 9.30. The molecular weight excluding hydrogens is 274 g/mol. The van der Waals surface area contributed by atoms with Crippen LogP contribution in [0.2, 0.25) is 0 Å². The van der Waals surface area contributed by atoms with Gasteiger partial charge in [0, 0.05) is 26.2 Å². The third kappa shape index (κ3) is 9.83. The van der Waals surface area contributed by atoms with Crippen LogP contribution >= 0.6 is 12.2 Å². The van der Waals surface area contributed by atoms with Crippen LogP contribution in [0.5, 0.6) is 0 Å². The summed E-state index contributed by atoms with van der Waals surface area (Å²) in [7, 11) is 0. The zero-order valence-electron chi connectivity index (χ0n) is 13.4. The van der Waals surface area contributed by atoms with E-state index in [9.17, 15) is 4.79 Å². The molecule has 0 aliphatic heterocycles. The van der Waals surface area contributed by atoms with Crippen molar-refractivity contribution in [1.29, 1.82) is 0 Å². The van der Waals surface area contributed by atoms with Gasteiger partial charge in [0.2, 0.25) is 0 Å². The van der Waals surface area contributed by atoms with E-state index < -0.39 is 11.7 Å². The Bertz CT molecular complexity index is 303. The molecule has 0 aliphatic carbocycles. The lowest BCUT2D eigenvalue weighted by atomic mass is 10.2. The summed E-state index contributed by atoms with van der Waals surface area (Å²) in [5.74, 6) is 0. The zero-order valence-corrected chi connectivity index (χ0v) is 14.2. The Labute approximate surface area is 128 Å². The summed E-state index contributed by atoms with van der Waals surface area (Å²) in [6.07, 6.45) is 1.88. The molecule has 20 heavy (non-hydrogen) atoms. The predicted molar refractivity (Wildman–Crippen MR) is 87.0 cm³/mol. The van der Waals surface area contributed by atoms with Gasteiger partial charge >= 0.3 is 6.09 Å². The average Bonchev–Trinajstić information content (AvgIpc) is 2.33. The summed E-state index contributed by atoms with van der Waals surface area (Å²) < 4.78 is 5.15. The van der Waals surface area contributed by atoms with Crippen LogP contribution in [0.1, 0.15) is 47.5 Å². The molecule has 118 valence electrons. The van der Waals surface area contributed by atoms with Crippen LogP contribution in [0.25, 0.3) is 0 Å². The van der Waals surface area contributed by atoms with Crippen molar-refractivity contribution in [1.82, 2.24) is 15.5 Å². The summed E-state index contributed by atoms with van der Waals surface area (Å²) in [6.45, 7) is 12.7. The SMILES string of the molecule is CCCCN(CC)C(=S)NCCNC(=O)OC(C)(C)C. The van der Waals surface area contributed by atoms with Crippen molar-refractivity contribution in [2.45, 2.75) is 53.1 Å². The fourth-order valence-corrected chi connectivity index (χ4v) is 1.83. The third-order valence-corrected chi connectivity index (χ3v) is 2.92. The Kier molecular flexibility index (Phi) is 9.29. The van der Waals surface area contributed by atoms with Gasteiger partial charge in [0.25, 0.3) is 0 Å². The Balaban J connectivity index is 3.82. The molecule has 0 spiro atoms. The van der Waals surface area contributed by atoms with Gasteiger partial charge in [-0.05, 0) is 46.3 Å². The first kappa shape index (κ1) is 19.0. The maximum absolute atomic E-state index is 11.4. The lowest BCUT2D eigenvalue weighted by molar-refractivity contribution is 0.0529. The zero-order chi connectivity index (χ0) is 15.6. The molecule has 0 fully saturated rings. The molecule has 6 heteroatoms. The fourth-order valence-electron chi connectivity index (χ4n) is 1.51. The van der Waals surface area contributed by atoms with Gasteiger partial charge in [0.05, 0.1) is 0 Å². The molecule has 0 unspecified atom stereocenters. The molecule has 1 amide bonds. The number of nitrogens with one attached hydrogen (secondary N) is 2. The lowest BCUT2D eigenvalue weighted by Gasteiger charge is -2.24. The maximum atomic E-state index is 11.4. The van der Waals surface area contributed by atoms with Crippen LogP contribution in [-0.4, -0.2) is 47.9 Å². The van der Waals surface area contributed by atoms with Gasteiger partial charge in [-0.15, -0.1) is 0 Å². The molecule has 2 N–H and O–H groups in total. The Morgan fingerprint density at radius 1 is 1.20 bits per heavy atom. The van der Waals surface area contributed by atoms with Gasteiger partial charge in [0.15, 0.2) is 5.11 Å².